The maximum absolute atomic E-state index is 13.0. The van der Waals surface area contributed by atoms with E-state index in [9.17, 15) is 14.7 Å². The molecule has 2 aliphatic heterocycles. The highest BCUT2D eigenvalue weighted by atomic mass is 16.6. The number of aliphatic hydroxyl groups is 1. The van der Waals surface area contributed by atoms with Gasteiger partial charge in [0.1, 0.15) is 5.60 Å². The van der Waals surface area contributed by atoms with Crippen LogP contribution in [-0.2, 0) is 16.6 Å². The zero-order valence-corrected chi connectivity index (χ0v) is 21.0. The number of carbonyl (C=O) groups is 2. The zero-order valence-electron chi connectivity index (χ0n) is 21.0. The van der Waals surface area contributed by atoms with Gasteiger partial charge in [-0.1, -0.05) is 6.07 Å². The van der Waals surface area contributed by atoms with E-state index in [-0.39, 0.29) is 18.0 Å². The van der Waals surface area contributed by atoms with Crippen LogP contribution in [0.4, 0.5) is 4.79 Å². The molecule has 2 saturated heterocycles. The van der Waals surface area contributed by atoms with Gasteiger partial charge in [0.2, 0.25) is 0 Å². The summed E-state index contributed by atoms with van der Waals surface area (Å²) in [4.78, 5) is 29.8. The lowest BCUT2D eigenvalue weighted by Crippen LogP contribution is -2.71. The van der Waals surface area contributed by atoms with E-state index in [4.69, 9.17) is 4.74 Å². The molecule has 3 fully saturated rings. The summed E-state index contributed by atoms with van der Waals surface area (Å²) in [6, 6.07) is 6.03. The molecule has 5 rings (SSSR count). The first-order valence-corrected chi connectivity index (χ1v) is 12.9. The van der Waals surface area contributed by atoms with E-state index in [2.05, 4.69) is 16.3 Å². The number of ether oxygens (including phenoxy) is 1. The number of fused-ring (bicyclic) bond motifs is 1. The van der Waals surface area contributed by atoms with Crippen LogP contribution in [0, 0.1) is 5.92 Å². The van der Waals surface area contributed by atoms with Gasteiger partial charge in [-0.25, -0.2) is 4.79 Å². The van der Waals surface area contributed by atoms with Gasteiger partial charge >= 0.3 is 6.09 Å². The number of rotatable bonds is 3. The normalized spacial score (nSPS) is 31.2. The van der Waals surface area contributed by atoms with E-state index in [0.29, 0.717) is 31.5 Å². The van der Waals surface area contributed by atoms with Crippen molar-refractivity contribution in [3.63, 3.8) is 0 Å². The van der Waals surface area contributed by atoms with Crippen molar-refractivity contribution in [2.75, 3.05) is 33.2 Å². The fourth-order valence-corrected chi connectivity index (χ4v) is 6.67. The van der Waals surface area contributed by atoms with Gasteiger partial charge in [0, 0.05) is 43.7 Å². The number of amides is 2. The van der Waals surface area contributed by atoms with Crippen molar-refractivity contribution in [3.05, 3.63) is 34.9 Å². The van der Waals surface area contributed by atoms with E-state index < -0.39 is 16.6 Å². The van der Waals surface area contributed by atoms with Gasteiger partial charge in [-0.2, -0.15) is 0 Å². The maximum atomic E-state index is 13.0. The van der Waals surface area contributed by atoms with Crippen molar-refractivity contribution >= 4 is 12.0 Å². The highest BCUT2D eigenvalue weighted by molar-refractivity contribution is 5.94. The largest absolute Gasteiger partial charge is 0.444 e. The number of nitrogens with one attached hydrogen (secondary N) is 1. The molecule has 2 bridgehead atoms. The molecule has 186 valence electrons. The Morgan fingerprint density at radius 3 is 2.53 bits per heavy atom. The smallest absolute Gasteiger partial charge is 0.410 e. The predicted octanol–water partition coefficient (Wildman–Crippen LogP) is 3.09. The number of hydrogen-bond acceptors (Lipinski definition) is 5. The number of likely N-dealkylation sites (tertiary alicyclic amines) is 2. The quantitative estimate of drug-likeness (QED) is 0.711. The molecule has 3 atom stereocenters. The highest BCUT2D eigenvalue weighted by Crippen LogP contribution is 2.56. The standard InChI is InChI=1S/C27H39N3O4/c1-25(2,3)34-24(32)29-12-9-26-10-13-30(17-18-5-6-18)22(27(26,33)11-14-29)16-19-7-8-20(15-21(19)26)23(31)28-4/h7-8,15,18,22,33H,5-6,9-14,16-17H2,1-4H3,(H,28,31)/t22-,26+,27-/m1/s1. The first-order valence-electron chi connectivity index (χ1n) is 12.9. The monoisotopic (exact) mass is 469 g/mol. The SMILES string of the molecule is CNC(=O)c1ccc2c(c1)[C@@]13CCN(C(=O)OC(C)(C)C)CC[C@@]1(O)[C@@H](C2)N(CC1CC1)CC3. The van der Waals surface area contributed by atoms with Gasteiger partial charge in [-0.05, 0) is 95.0 Å². The van der Waals surface area contributed by atoms with Gasteiger partial charge in [-0.3, -0.25) is 9.69 Å². The predicted molar refractivity (Wildman–Crippen MR) is 130 cm³/mol. The van der Waals surface area contributed by atoms with Crippen molar-refractivity contribution in [2.45, 2.75) is 82.0 Å². The Balaban J connectivity index is 1.55. The van der Waals surface area contributed by atoms with Crippen LogP contribution in [0.25, 0.3) is 0 Å². The Hall–Kier alpha value is -2.12. The van der Waals surface area contributed by atoms with E-state index in [0.717, 1.165) is 37.4 Å². The second kappa shape index (κ2) is 8.23. The van der Waals surface area contributed by atoms with Crippen molar-refractivity contribution < 1.29 is 19.4 Å². The van der Waals surface area contributed by atoms with Crippen LogP contribution < -0.4 is 5.32 Å². The first kappa shape index (κ1) is 23.6. The van der Waals surface area contributed by atoms with Gasteiger partial charge in [0.25, 0.3) is 5.91 Å². The lowest BCUT2D eigenvalue weighted by Gasteiger charge is -2.61. The van der Waals surface area contributed by atoms with E-state index in [1.165, 1.54) is 18.4 Å². The summed E-state index contributed by atoms with van der Waals surface area (Å²) in [7, 11) is 1.65. The summed E-state index contributed by atoms with van der Waals surface area (Å²) in [6.07, 6.45) is 5.05. The minimum absolute atomic E-state index is 0.0267. The molecule has 2 aliphatic carbocycles. The molecule has 2 amide bonds. The summed E-state index contributed by atoms with van der Waals surface area (Å²) in [5.41, 5.74) is 0.970. The first-order chi connectivity index (χ1) is 16.1. The third-order valence-electron chi connectivity index (χ3n) is 8.59. The lowest BCUT2D eigenvalue weighted by atomic mass is 9.52. The summed E-state index contributed by atoms with van der Waals surface area (Å²) in [5, 5.41) is 15.3. The molecule has 4 aliphatic rings. The molecule has 0 radical (unpaired) electrons. The molecule has 2 N–H and O–H groups in total. The molecule has 0 unspecified atom stereocenters. The van der Waals surface area contributed by atoms with Gasteiger partial charge in [0.05, 0.1) is 5.60 Å². The molecule has 1 aromatic carbocycles. The van der Waals surface area contributed by atoms with Crippen LogP contribution in [0.5, 0.6) is 0 Å². The van der Waals surface area contributed by atoms with Gasteiger partial charge in [0.15, 0.2) is 0 Å². The Bertz CT molecular complexity index is 985. The summed E-state index contributed by atoms with van der Waals surface area (Å²) >= 11 is 0. The number of hydrogen-bond donors (Lipinski definition) is 2. The topological polar surface area (TPSA) is 82.1 Å². The molecule has 0 spiro atoms. The van der Waals surface area contributed by atoms with Crippen LogP contribution in [0.15, 0.2) is 18.2 Å². The fourth-order valence-electron chi connectivity index (χ4n) is 6.67. The molecular formula is C27H39N3O4. The molecular weight excluding hydrogens is 430 g/mol. The van der Waals surface area contributed by atoms with Crippen molar-refractivity contribution in [1.82, 2.24) is 15.1 Å². The average molecular weight is 470 g/mol. The molecule has 1 saturated carbocycles. The third-order valence-corrected chi connectivity index (χ3v) is 8.59. The van der Waals surface area contributed by atoms with Gasteiger partial charge < -0.3 is 20.1 Å². The number of benzene rings is 1. The Kier molecular flexibility index (Phi) is 5.72. The number of carbonyl (C=O) groups excluding carboxylic acids is 2. The minimum atomic E-state index is -0.953. The lowest BCUT2D eigenvalue weighted by molar-refractivity contribution is -0.149. The molecule has 7 nitrogen and oxygen atoms in total. The second-order valence-electron chi connectivity index (χ2n) is 11.8. The van der Waals surface area contributed by atoms with Crippen LogP contribution >= 0.6 is 0 Å². The Morgan fingerprint density at radius 1 is 1.15 bits per heavy atom. The zero-order chi connectivity index (χ0) is 24.3. The molecule has 1 aromatic rings. The van der Waals surface area contributed by atoms with Crippen LogP contribution in [0.1, 0.15) is 74.4 Å². The maximum Gasteiger partial charge on any atom is 0.410 e. The summed E-state index contributed by atoms with van der Waals surface area (Å²) < 4.78 is 5.69. The Morgan fingerprint density at radius 2 is 1.85 bits per heavy atom. The molecule has 2 heterocycles. The molecule has 34 heavy (non-hydrogen) atoms. The molecule has 0 aromatic heterocycles. The molecule has 7 heteroatoms. The fraction of sp³-hybridized carbons (Fsp3) is 0.704. The third kappa shape index (κ3) is 3.91. The van der Waals surface area contributed by atoms with Crippen molar-refractivity contribution in [2.24, 2.45) is 5.92 Å². The van der Waals surface area contributed by atoms with Gasteiger partial charge in [-0.15, -0.1) is 0 Å². The minimum Gasteiger partial charge on any atom is -0.444 e. The Labute approximate surface area is 202 Å². The number of nitrogens with zero attached hydrogens (tertiary/aromatic N) is 2. The van der Waals surface area contributed by atoms with Crippen LogP contribution in [0.3, 0.4) is 0 Å². The summed E-state index contributed by atoms with van der Waals surface area (Å²) in [6.45, 7) is 8.65. The number of piperidine rings is 1. The van der Waals surface area contributed by atoms with Crippen LogP contribution in [0.2, 0.25) is 0 Å². The van der Waals surface area contributed by atoms with Crippen molar-refractivity contribution in [3.8, 4) is 0 Å². The summed E-state index contributed by atoms with van der Waals surface area (Å²) in [5.74, 6) is 0.636. The highest BCUT2D eigenvalue weighted by Gasteiger charge is 2.63. The van der Waals surface area contributed by atoms with E-state index >= 15 is 0 Å². The van der Waals surface area contributed by atoms with E-state index in [1.54, 1.807) is 11.9 Å². The average Bonchev–Trinajstić information content (AvgIpc) is 3.60. The van der Waals surface area contributed by atoms with Crippen LogP contribution in [-0.4, -0.2) is 77.4 Å². The van der Waals surface area contributed by atoms with E-state index in [1.807, 2.05) is 32.9 Å². The second-order valence-corrected chi connectivity index (χ2v) is 11.8. The van der Waals surface area contributed by atoms with Crippen molar-refractivity contribution in [1.29, 1.82) is 0 Å².